The van der Waals surface area contributed by atoms with Crippen LogP contribution in [0.3, 0.4) is 0 Å². The summed E-state index contributed by atoms with van der Waals surface area (Å²) in [6.07, 6.45) is 6.73. The third-order valence-corrected chi connectivity index (χ3v) is 7.04. The highest BCUT2D eigenvalue weighted by atomic mass is 32.2. The number of thioether (sulfide) groups is 1. The largest absolute Gasteiger partial charge is 0.382 e. The first kappa shape index (κ1) is 19.9. The van der Waals surface area contributed by atoms with Crippen molar-refractivity contribution in [3.8, 4) is 0 Å². The van der Waals surface area contributed by atoms with Crippen molar-refractivity contribution < 1.29 is 13.2 Å². The van der Waals surface area contributed by atoms with Gasteiger partial charge in [-0.15, -0.1) is 4.40 Å². The summed E-state index contributed by atoms with van der Waals surface area (Å²) < 4.78 is 29.7. The van der Waals surface area contributed by atoms with Crippen molar-refractivity contribution in [2.75, 3.05) is 14.1 Å². The van der Waals surface area contributed by atoms with Gasteiger partial charge < -0.3 is 4.90 Å². The van der Waals surface area contributed by atoms with E-state index >= 15 is 0 Å². The van der Waals surface area contributed by atoms with Crippen LogP contribution in [0.1, 0.15) is 37.7 Å². The van der Waals surface area contributed by atoms with Crippen LogP contribution >= 0.6 is 11.8 Å². The minimum Gasteiger partial charge on any atom is -0.382 e. The number of carbonyl (C=O) groups is 1. The monoisotopic (exact) mass is 407 g/mol. The van der Waals surface area contributed by atoms with Gasteiger partial charge in [0, 0.05) is 26.3 Å². The number of amides is 1. The number of rotatable bonds is 4. The Bertz CT molecular complexity index is 868. The van der Waals surface area contributed by atoms with Gasteiger partial charge >= 0.3 is 0 Å². The Kier molecular flexibility index (Phi) is 5.95. The van der Waals surface area contributed by atoms with E-state index in [-0.39, 0.29) is 22.0 Å². The Labute approximate surface area is 165 Å². The molecule has 146 valence electrons. The van der Waals surface area contributed by atoms with Gasteiger partial charge in [-0.05, 0) is 43.7 Å². The van der Waals surface area contributed by atoms with Crippen molar-refractivity contribution in [2.24, 2.45) is 4.40 Å². The Balaban J connectivity index is 1.99. The van der Waals surface area contributed by atoms with E-state index in [4.69, 9.17) is 0 Å². The van der Waals surface area contributed by atoms with E-state index in [9.17, 15) is 13.2 Å². The molecule has 0 unspecified atom stereocenters. The van der Waals surface area contributed by atoms with Gasteiger partial charge in [-0.2, -0.15) is 8.42 Å². The molecule has 27 heavy (non-hydrogen) atoms. The minimum absolute atomic E-state index is 0.0128. The Hall–Kier alpha value is -1.80. The SMILES string of the molecule is Cc1ccc(S(=O)(=O)/N=C2\S/C(=C/N(C)C)C(=O)N2C2CCCCC2)cc1. The molecule has 1 heterocycles. The molecule has 1 saturated heterocycles. The van der Waals surface area contributed by atoms with Crippen LogP contribution < -0.4 is 0 Å². The number of benzene rings is 1. The van der Waals surface area contributed by atoms with Crippen LogP contribution in [0.2, 0.25) is 0 Å². The maximum absolute atomic E-state index is 13.0. The molecule has 1 amide bonds. The molecule has 0 N–H and O–H groups in total. The summed E-state index contributed by atoms with van der Waals surface area (Å²) >= 11 is 1.14. The van der Waals surface area contributed by atoms with E-state index in [0.29, 0.717) is 4.91 Å². The number of carbonyl (C=O) groups excluding carboxylic acids is 1. The third-order valence-electron chi connectivity index (χ3n) is 4.67. The molecule has 0 spiro atoms. The van der Waals surface area contributed by atoms with Crippen molar-refractivity contribution in [2.45, 2.75) is 50.0 Å². The van der Waals surface area contributed by atoms with E-state index < -0.39 is 10.0 Å². The van der Waals surface area contributed by atoms with E-state index in [2.05, 4.69) is 4.40 Å². The minimum atomic E-state index is -3.87. The maximum Gasteiger partial charge on any atom is 0.284 e. The lowest BCUT2D eigenvalue weighted by Gasteiger charge is -2.30. The molecule has 2 fully saturated rings. The molecule has 0 aromatic heterocycles. The fraction of sp³-hybridized carbons (Fsp3) is 0.474. The number of hydrogen-bond donors (Lipinski definition) is 0. The third kappa shape index (κ3) is 4.55. The van der Waals surface area contributed by atoms with Crippen LogP contribution in [0.15, 0.2) is 44.7 Å². The van der Waals surface area contributed by atoms with E-state index in [1.165, 1.54) is 0 Å². The van der Waals surface area contributed by atoms with Gasteiger partial charge in [0.1, 0.15) is 0 Å². The van der Waals surface area contributed by atoms with E-state index in [0.717, 1.165) is 49.4 Å². The molecule has 1 aromatic rings. The van der Waals surface area contributed by atoms with Crippen molar-refractivity contribution >= 4 is 32.9 Å². The van der Waals surface area contributed by atoms with Crippen molar-refractivity contribution in [1.29, 1.82) is 0 Å². The number of amidine groups is 1. The van der Waals surface area contributed by atoms with Gasteiger partial charge in [0.15, 0.2) is 5.17 Å². The van der Waals surface area contributed by atoms with Crippen LogP contribution in [0.25, 0.3) is 0 Å². The summed E-state index contributed by atoms with van der Waals surface area (Å²) in [7, 11) is -0.200. The summed E-state index contributed by atoms with van der Waals surface area (Å²) in [5.41, 5.74) is 0.979. The highest BCUT2D eigenvalue weighted by molar-refractivity contribution is 8.19. The highest BCUT2D eigenvalue weighted by Crippen LogP contribution is 2.37. The van der Waals surface area contributed by atoms with Gasteiger partial charge in [0.25, 0.3) is 15.9 Å². The second-order valence-electron chi connectivity index (χ2n) is 7.19. The average molecular weight is 408 g/mol. The molecule has 0 bridgehead atoms. The molecular weight excluding hydrogens is 382 g/mol. The van der Waals surface area contributed by atoms with Crippen LogP contribution in [0, 0.1) is 6.92 Å². The van der Waals surface area contributed by atoms with Gasteiger partial charge in [-0.1, -0.05) is 37.0 Å². The van der Waals surface area contributed by atoms with Crippen molar-refractivity contribution in [1.82, 2.24) is 9.80 Å². The number of sulfonamides is 1. The lowest BCUT2D eigenvalue weighted by molar-refractivity contribution is -0.124. The number of hydrogen-bond acceptors (Lipinski definition) is 5. The zero-order valence-electron chi connectivity index (χ0n) is 15.9. The first-order valence-electron chi connectivity index (χ1n) is 9.09. The van der Waals surface area contributed by atoms with Crippen molar-refractivity contribution in [3.63, 3.8) is 0 Å². The van der Waals surface area contributed by atoms with Crippen molar-refractivity contribution in [3.05, 3.63) is 40.9 Å². The smallest absolute Gasteiger partial charge is 0.284 e. The summed E-state index contributed by atoms with van der Waals surface area (Å²) in [6, 6.07) is 6.61. The van der Waals surface area contributed by atoms with Crippen LogP contribution in [0.4, 0.5) is 0 Å². The second-order valence-corrected chi connectivity index (χ2v) is 9.80. The van der Waals surface area contributed by atoms with Crippen LogP contribution in [-0.4, -0.2) is 49.4 Å². The first-order valence-corrected chi connectivity index (χ1v) is 11.3. The number of aryl methyl sites for hydroxylation is 1. The van der Waals surface area contributed by atoms with Gasteiger partial charge in [-0.3, -0.25) is 9.69 Å². The summed E-state index contributed by atoms with van der Waals surface area (Å²) in [5, 5.41) is 0.264. The van der Waals surface area contributed by atoms with Gasteiger partial charge in [-0.25, -0.2) is 0 Å². The fourth-order valence-corrected chi connectivity index (χ4v) is 5.60. The molecular formula is C19H25N3O3S2. The molecule has 1 aliphatic heterocycles. The molecule has 3 rings (SSSR count). The van der Waals surface area contributed by atoms with Gasteiger partial charge in [0.05, 0.1) is 9.80 Å². The van der Waals surface area contributed by atoms with E-state index in [1.54, 1.807) is 40.3 Å². The predicted octanol–water partition coefficient (Wildman–Crippen LogP) is 3.35. The Morgan fingerprint density at radius 2 is 1.78 bits per heavy atom. The normalized spacial score (nSPS) is 22.0. The van der Waals surface area contributed by atoms with E-state index in [1.807, 2.05) is 21.0 Å². The molecule has 1 aromatic carbocycles. The summed E-state index contributed by atoms with van der Waals surface area (Å²) in [5.74, 6) is -0.154. The lowest BCUT2D eigenvalue weighted by Crippen LogP contribution is -2.40. The average Bonchev–Trinajstić information content (AvgIpc) is 2.90. The fourth-order valence-electron chi connectivity index (χ4n) is 3.30. The molecule has 1 aliphatic carbocycles. The van der Waals surface area contributed by atoms with Crippen LogP contribution in [0.5, 0.6) is 0 Å². The molecule has 1 saturated carbocycles. The highest BCUT2D eigenvalue weighted by Gasteiger charge is 2.40. The standard InChI is InChI=1S/C19H25N3O3S2/c1-14-9-11-16(12-10-14)27(24,25)20-19-22(15-7-5-4-6-8-15)18(23)17(26-19)13-21(2)3/h9-13,15H,4-8H2,1-3H3/b17-13+,20-19-. The first-order chi connectivity index (χ1) is 12.8. The number of nitrogens with zero attached hydrogens (tertiary/aromatic N) is 3. The molecule has 0 radical (unpaired) electrons. The second kappa shape index (κ2) is 8.06. The Morgan fingerprint density at radius 1 is 1.15 bits per heavy atom. The lowest BCUT2D eigenvalue weighted by atomic mass is 9.94. The quantitative estimate of drug-likeness (QED) is 0.716. The molecule has 0 atom stereocenters. The molecule has 2 aliphatic rings. The summed E-state index contributed by atoms with van der Waals surface area (Å²) in [4.78, 5) is 17.0. The summed E-state index contributed by atoms with van der Waals surface area (Å²) in [6.45, 7) is 1.90. The Morgan fingerprint density at radius 3 is 2.37 bits per heavy atom. The predicted molar refractivity (Wildman–Crippen MR) is 109 cm³/mol. The molecule has 8 heteroatoms. The zero-order chi connectivity index (χ0) is 19.6. The van der Waals surface area contributed by atoms with Crippen LogP contribution in [-0.2, 0) is 14.8 Å². The molecule has 6 nitrogen and oxygen atoms in total. The maximum atomic E-state index is 13.0. The van der Waals surface area contributed by atoms with Gasteiger partial charge in [0.2, 0.25) is 0 Å². The zero-order valence-corrected chi connectivity index (χ0v) is 17.5. The topological polar surface area (TPSA) is 70.0 Å².